The van der Waals surface area contributed by atoms with Crippen LogP contribution in [0.1, 0.15) is 42.2 Å². The van der Waals surface area contributed by atoms with Gasteiger partial charge in [-0.3, -0.25) is 29.5 Å². The minimum atomic E-state index is -0.929. The first kappa shape index (κ1) is 33.4. The number of nitrogens with one attached hydrogen (secondary N) is 3. The molecule has 4 fully saturated rings. The van der Waals surface area contributed by atoms with Crippen molar-refractivity contribution in [2.45, 2.75) is 42.9 Å². The van der Waals surface area contributed by atoms with Crippen molar-refractivity contribution in [1.29, 1.82) is 5.41 Å². The average molecular weight is 699 g/mol. The number of β-lactam (4-membered cyclic amide) rings is 1. The SMILES string of the molecule is COC(=O)C1=C(C[N+]23CCC(CNC(=O)C(=O)c4ccc(O)c(O)c4)(CC2)CC3)C(C)SC2[C@H](NC(=O)C(=N)c3csc(N)n3)C(=O)N12. The zero-order valence-electron chi connectivity index (χ0n) is 26.3. The number of aromatic hydroxyl groups is 2. The maximum Gasteiger partial charge on any atom is 0.355 e. The minimum Gasteiger partial charge on any atom is -0.504 e. The number of quaternary nitrogens is 1. The first-order valence-electron chi connectivity index (χ1n) is 15.4. The van der Waals surface area contributed by atoms with Gasteiger partial charge < -0.3 is 35.8 Å². The molecule has 0 radical (unpaired) electrons. The van der Waals surface area contributed by atoms with E-state index < -0.39 is 52.4 Å². The van der Waals surface area contributed by atoms with Gasteiger partial charge in [0.25, 0.3) is 17.7 Å². The van der Waals surface area contributed by atoms with Crippen LogP contribution in [0.4, 0.5) is 5.13 Å². The number of ketones is 1. The summed E-state index contributed by atoms with van der Waals surface area (Å²) in [4.78, 5) is 70.1. The smallest absolute Gasteiger partial charge is 0.355 e. The molecule has 7 rings (SSSR count). The number of fused-ring (bicyclic) bond motifs is 4. The number of carbonyl (C=O) groups is 5. The van der Waals surface area contributed by atoms with E-state index in [9.17, 15) is 34.2 Å². The summed E-state index contributed by atoms with van der Waals surface area (Å²) in [7, 11) is 1.27. The summed E-state index contributed by atoms with van der Waals surface area (Å²) < 4.78 is 5.85. The van der Waals surface area contributed by atoms with E-state index in [4.69, 9.17) is 15.9 Å². The summed E-state index contributed by atoms with van der Waals surface area (Å²) in [6, 6.07) is 2.57. The number of nitrogens with zero attached hydrogens (tertiary/aromatic N) is 3. The quantitative estimate of drug-likeness (QED) is 0.0386. The topological polar surface area (TPSA) is 225 Å². The third-order valence-electron chi connectivity index (χ3n) is 10.0. The summed E-state index contributed by atoms with van der Waals surface area (Å²) in [6.45, 7) is 5.18. The summed E-state index contributed by atoms with van der Waals surface area (Å²) in [6.07, 6.45) is 2.37. The van der Waals surface area contributed by atoms with Crippen molar-refractivity contribution < 1.29 is 43.4 Å². The highest BCUT2D eigenvalue weighted by Crippen LogP contribution is 2.48. The number of carbonyl (C=O) groups excluding carboxylic acids is 5. The van der Waals surface area contributed by atoms with Crippen molar-refractivity contribution in [1.82, 2.24) is 20.5 Å². The molecule has 48 heavy (non-hydrogen) atoms. The predicted molar refractivity (Wildman–Crippen MR) is 175 cm³/mol. The van der Waals surface area contributed by atoms with E-state index in [0.29, 0.717) is 17.6 Å². The number of amides is 3. The van der Waals surface area contributed by atoms with Crippen LogP contribution in [0.2, 0.25) is 0 Å². The van der Waals surface area contributed by atoms with Crippen molar-refractivity contribution in [2.75, 3.05) is 45.6 Å². The molecule has 17 heteroatoms. The fraction of sp³-hybridized carbons (Fsp3) is 0.452. The molecule has 2 unspecified atom stereocenters. The van der Waals surface area contributed by atoms with Gasteiger partial charge in [-0.2, -0.15) is 0 Å². The third-order valence-corrected chi connectivity index (χ3v) is 12.1. The summed E-state index contributed by atoms with van der Waals surface area (Å²) in [5.41, 5.74) is 6.15. The lowest BCUT2D eigenvalue weighted by atomic mass is 9.70. The van der Waals surface area contributed by atoms with Crippen molar-refractivity contribution in [3.8, 4) is 11.5 Å². The van der Waals surface area contributed by atoms with Gasteiger partial charge in [-0.25, -0.2) is 9.78 Å². The number of piperidine rings is 3. The second-order valence-corrected chi connectivity index (χ2v) is 15.1. The van der Waals surface area contributed by atoms with Gasteiger partial charge in [-0.05, 0) is 25.1 Å². The van der Waals surface area contributed by atoms with Gasteiger partial charge in [0.2, 0.25) is 5.78 Å². The number of phenols is 2. The minimum absolute atomic E-state index is 0.0187. The molecule has 0 saturated carbocycles. The van der Waals surface area contributed by atoms with Crippen LogP contribution in [0.15, 0.2) is 34.8 Å². The Labute approximate surface area is 283 Å². The van der Waals surface area contributed by atoms with Crippen LogP contribution in [0.3, 0.4) is 0 Å². The maximum atomic E-state index is 13.4. The number of nitrogens with two attached hydrogens (primary N) is 1. The van der Waals surface area contributed by atoms with Crippen LogP contribution >= 0.6 is 23.1 Å². The van der Waals surface area contributed by atoms with Crippen LogP contribution < -0.4 is 16.4 Å². The van der Waals surface area contributed by atoms with E-state index >= 15 is 0 Å². The molecule has 5 aliphatic rings. The van der Waals surface area contributed by atoms with Gasteiger partial charge >= 0.3 is 5.97 Å². The lowest BCUT2D eigenvalue weighted by Crippen LogP contribution is -2.72. The highest BCUT2D eigenvalue weighted by Gasteiger charge is 2.58. The Morgan fingerprint density at radius 3 is 2.44 bits per heavy atom. The average Bonchev–Trinajstić information content (AvgIpc) is 3.53. The molecule has 1 aromatic heterocycles. The number of thiazole rings is 1. The number of nitrogen functional groups attached to an aromatic ring is 1. The van der Waals surface area contributed by atoms with Crippen molar-refractivity contribution >= 4 is 63.4 Å². The number of phenolic OH excluding ortho intramolecular Hbond substituents is 2. The Bertz CT molecular complexity index is 1750. The number of thioether (sulfide) groups is 1. The molecule has 3 amide bonds. The molecule has 2 aromatic rings. The third kappa shape index (κ3) is 5.90. The molecule has 7 N–H and O–H groups in total. The second kappa shape index (κ2) is 12.5. The molecule has 0 spiro atoms. The van der Waals surface area contributed by atoms with Crippen LogP contribution in [0.25, 0.3) is 0 Å². The van der Waals surface area contributed by atoms with Crippen LogP contribution in [0.5, 0.6) is 11.5 Å². The summed E-state index contributed by atoms with van der Waals surface area (Å²) in [5, 5.41) is 33.8. The molecule has 254 valence electrons. The van der Waals surface area contributed by atoms with E-state index in [-0.39, 0.29) is 38.5 Å². The van der Waals surface area contributed by atoms with Crippen molar-refractivity contribution in [3.05, 3.63) is 46.1 Å². The Morgan fingerprint density at radius 1 is 1.15 bits per heavy atom. The van der Waals surface area contributed by atoms with E-state index in [1.807, 2.05) is 6.92 Å². The first-order valence-corrected chi connectivity index (χ1v) is 17.2. The Kier molecular flexibility index (Phi) is 8.72. The molecule has 0 aliphatic carbocycles. The number of rotatable bonds is 10. The first-order chi connectivity index (χ1) is 22.8. The van der Waals surface area contributed by atoms with E-state index in [2.05, 4.69) is 15.6 Å². The fourth-order valence-corrected chi connectivity index (χ4v) is 9.01. The van der Waals surface area contributed by atoms with E-state index in [1.165, 1.54) is 35.2 Å². The number of ether oxygens (including phenoxy) is 1. The molecule has 3 atom stereocenters. The molecule has 4 saturated heterocycles. The Hall–Kier alpha value is -4.48. The van der Waals surface area contributed by atoms with Gasteiger partial charge in [-0.15, -0.1) is 23.1 Å². The maximum absolute atomic E-state index is 13.4. The van der Waals surface area contributed by atoms with Crippen molar-refractivity contribution in [3.63, 3.8) is 0 Å². The number of hydrogen-bond acceptors (Lipinski definition) is 13. The zero-order chi connectivity index (χ0) is 34.5. The highest BCUT2D eigenvalue weighted by atomic mass is 32.2. The van der Waals surface area contributed by atoms with Gasteiger partial charge in [0.05, 0.1) is 26.7 Å². The van der Waals surface area contributed by atoms with Gasteiger partial charge in [-0.1, -0.05) is 0 Å². The standard InChI is InChI=1S/C31H35N7O8S2/c1-15-17(23(29(45)46-2)37-27(44)22(28(37)48-15)36-25(42)21(32)18-13-47-30(33)35-18)12-38-8-5-31(6-9-38,7-10-38)14-34-26(43)24(41)16-3-4-19(39)20(40)11-16/h3-4,11,13,15,22,28H,5-10,12,14H2,1-2H3,(H6-,32,33,34,35,36,39,40,41,42,43)/p+1/t15?,22-,28?,31?,38?/m1/s1. The monoisotopic (exact) mass is 698 g/mol. The van der Waals surface area contributed by atoms with Gasteiger partial charge in [0, 0.05) is 53.0 Å². The number of hydrogen-bond donors (Lipinski definition) is 6. The molecule has 6 heterocycles. The van der Waals surface area contributed by atoms with Crippen LogP contribution in [-0.2, 0) is 23.9 Å². The summed E-state index contributed by atoms with van der Waals surface area (Å²) in [5.74, 6) is -4.28. The molecule has 2 bridgehead atoms. The number of Topliss-reactive ketones (excluding diaryl/α,β-unsaturated/α-hetero) is 1. The number of benzene rings is 1. The predicted octanol–water partition coefficient (Wildman–Crippen LogP) is 0.720. The molecule has 1 aromatic carbocycles. The molecule has 15 nitrogen and oxygen atoms in total. The highest BCUT2D eigenvalue weighted by molar-refractivity contribution is 8.00. The fourth-order valence-electron chi connectivity index (χ4n) is 7.02. The number of esters is 1. The molecular formula is C31H36N7O8S2+. The number of methoxy groups -OCH3 is 1. The lowest BCUT2D eigenvalue weighted by molar-refractivity contribution is -0.941. The normalized spacial score (nSPS) is 27.5. The largest absolute Gasteiger partial charge is 0.504 e. The number of anilines is 1. The van der Waals surface area contributed by atoms with E-state index in [0.717, 1.165) is 67.9 Å². The Balaban J connectivity index is 1.11. The lowest BCUT2D eigenvalue weighted by Gasteiger charge is -2.56. The van der Waals surface area contributed by atoms with Crippen LogP contribution in [0, 0.1) is 10.8 Å². The summed E-state index contributed by atoms with van der Waals surface area (Å²) >= 11 is 2.57. The zero-order valence-corrected chi connectivity index (χ0v) is 27.9. The van der Waals surface area contributed by atoms with E-state index in [1.54, 1.807) is 0 Å². The van der Waals surface area contributed by atoms with Crippen LogP contribution in [-0.4, -0.2) is 116 Å². The van der Waals surface area contributed by atoms with Crippen molar-refractivity contribution in [2.24, 2.45) is 5.41 Å². The van der Waals surface area contributed by atoms with Gasteiger partial charge in [0.1, 0.15) is 35.1 Å². The molecule has 5 aliphatic heterocycles. The van der Waals surface area contributed by atoms with Gasteiger partial charge in [0.15, 0.2) is 16.6 Å². The number of aromatic nitrogens is 1. The molecular weight excluding hydrogens is 663 g/mol. The second-order valence-electron chi connectivity index (χ2n) is 12.8. The Morgan fingerprint density at radius 2 is 1.83 bits per heavy atom.